The van der Waals surface area contributed by atoms with E-state index >= 15 is 0 Å². The van der Waals surface area contributed by atoms with E-state index in [9.17, 15) is 0 Å². The van der Waals surface area contributed by atoms with Crippen LogP contribution < -0.4 is 31.3 Å². The zero-order valence-corrected chi connectivity index (χ0v) is 45.4. The number of anilines is 7. The van der Waals surface area contributed by atoms with Crippen molar-refractivity contribution < 1.29 is 4.42 Å². The first kappa shape index (κ1) is 47.0. The van der Waals surface area contributed by atoms with Crippen LogP contribution in [0.3, 0.4) is 0 Å². The quantitative estimate of drug-likeness (QED) is 0.149. The summed E-state index contributed by atoms with van der Waals surface area (Å²) in [6, 6.07) is 52.6. The second-order valence-corrected chi connectivity index (χ2v) is 25.5. The molecule has 0 radical (unpaired) electrons. The zero-order valence-electron chi connectivity index (χ0n) is 45.4. The fraction of sp³-hybridized carbons (Fsp3) is 0.333. The van der Waals surface area contributed by atoms with Gasteiger partial charge >= 0.3 is 0 Å². The second kappa shape index (κ2) is 16.9. The first-order chi connectivity index (χ1) is 35.5. The number of hydrogen-bond donors (Lipinski definition) is 0. The minimum absolute atomic E-state index is 0.0279. The van der Waals surface area contributed by atoms with Crippen LogP contribution in [0, 0.1) is 22.7 Å². The Morgan fingerprint density at radius 1 is 0.622 bits per heavy atom. The molecular formula is C69H72BN3O. The molecule has 13 rings (SSSR count). The minimum Gasteiger partial charge on any atom is -0.468 e. The SMILES string of the molecule is CC(C)C1C=C(c2ccccc2)C(N2c3cccc4c3B(c3ccc(N(c5ccccc5)c5ccccc5)cc3N4C3C=CC4=C(C3)C(C)(C)CCC4(C)C)c3oc4cc5c(cc4c32)C(C)(C)CCC5(C)C)=CC1. The van der Waals surface area contributed by atoms with Gasteiger partial charge in [0.2, 0.25) is 0 Å². The van der Waals surface area contributed by atoms with Crippen molar-refractivity contribution in [2.45, 2.75) is 125 Å². The molecule has 0 fully saturated rings. The molecule has 0 saturated carbocycles. The molecule has 2 aliphatic heterocycles. The number of allylic oxidation sites excluding steroid dienone is 5. The van der Waals surface area contributed by atoms with Crippen LogP contribution in [0.4, 0.5) is 39.8 Å². The molecule has 0 saturated heterocycles. The van der Waals surface area contributed by atoms with Crippen molar-refractivity contribution in [3.05, 3.63) is 197 Å². The van der Waals surface area contributed by atoms with Gasteiger partial charge in [-0.15, -0.1) is 0 Å². The van der Waals surface area contributed by atoms with E-state index in [0.29, 0.717) is 11.8 Å². The minimum atomic E-state index is -0.149. The average molecular weight is 970 g/mol. The molecule has 74 heavy (non-hydrogen) atoms. The fourth-order valence-corrected chi connectivity index (χ4v) is 14.2. The van der Waals surface area contributed by atoms with Gasteiger partial charge in [0.1, 0.15) is 5.58 Å². The van der Waals surface area contributed by atoms with Gasteiger partial charge in [-0.3, -0.25) is 0 Å². The number of para-hydroxylation sites is 2. The van der Waals surface area contributed by atoms with Crippen LogP contribution in [0.25, 0.3) is 16.5 Å². The number of furan rings is 1. The van der Waals surface area contributed by atoms with E-state index in [1.807, 2.05) is 0 Å². The van der Waals surface area contributed by atoms with Crippen LogP contribution in [0.2, 0.25) is 0 Å². The van der Waals surface area contributed by atoms with E-state index < -0.39 is 0 Å². The van der Waals surface area contributed by atoms with Gasteiger partial charge in [0.25, 0.3) is 6.71 Å². The third-order valence-electron chi connectivity index (χ3n) is 18.8. The molecule has 0 amide bonds. The van der Waals surface area contributed by atoms with E-state index in [-0.39, 0.29) is 34.4 Å². The second-order valence-electron chi connectivity index (χ2n) is 25.5. The standard InChI is InChI=1S/C69H72BN3O/c1-44(2)46-29-34-58(51(39-46)45-21-14-11-15-22-45)73-60-28-20-27-59-63(60)70(65-64(73)52-42-55-56(43-62(52)74-65)69(9,10)38-37-68(55,7)8)57-33-31-50(71(47-23-16-12-17-24-47)48-25-18-13-19-26-48)41-61(57)72(59)49-30-32-53-54(40-49)67(5,6)36-35-66(53,3)4/h11-28,30-34,39,41-44,46,49H,29,35-38,40H2,1-10H3. The third-order valence-corrected chi connectivity index (χ3v) is 18.8. The van der Waals surface area contributed by atoms with Gasteiger partial charge in [-0.2, -0.15) is 0 Å². The molecule has 4 aliphatic carbocycles. The number of benzene rings is 6. The molecule has 0 N–H and O–H groups in total. The smallest absolute Gasteiger partial charge is 0.297 e. The molecule has 3 heterocycles. The number of fused-ring (bicyclic) bond motifs is 7. The summed E-state index contributed by atoms with van der Waals surface area (Å²) in [7, 11) is 0. The highest BCUT2D eigenvalue weighted by Crippen LogP contribution is 2.56. The van der Waals surface area contributed by atoms with E-state index in [2.05, 4.69) is 248 Å². The molecule has 6 aliphatic rings. The zero-order chi connectivity index (χ0) is 51.1. The van der Waals surface area contributed by atoms with Gasteiger partial charge in [-0.25, -0.2) is 0 Å². The maximum atomic E-state index is 7.72. The highest BCUT2D eigenvalue weighted by atomic mass is 16.3. The summed E-state index contributed by atoms with van der Waals surface area (Å²) in [6.45, 7) is 24.3. The molecule has 7 aromatic rings. The average Bonchev–Trinajstić information content (AvgIpc) is 3.78. The predicted octanol–water partition coefficient (Wildman–Crippen LogP) is 16.8. The largest absolute Gasteiger partial charge is 0.468 e. The molecule has 372 valence electrons. The van der Waals surface area contributed by atoms with Crippen molar-refractivity contribution >= 4 is 79.7 Å². The van der Waals surface area contributed by atoms with Crippen LogP contribution in [0.15, 0.2) is 185 Å². The Kier molecular flexibility index (Phi) is 10.7. The highest BCUT2D eigenvalue weighted by Gasteiger charge is 2.50. The number of rotatable bonds is 7. The Bertz CT molecular complexity index is 3470. The Morgan fingerprint density at radius 3 is 1.92 bits per heavy atom. The molecule has 0 bridgehead atoms. The summed E-state index contributed by atoms with van der Waals surface area (Å²) in [6.07, 6.45) is 16.9. The monoisotopic (exact) mass is 970 g/mol. The summed E-state index contributed by atoms with van der Waals surface area (Å²) in [5, 5.41) is 1.21. The maximum absolute atomic E-state index is 7.72. The summed E-state index contributed by atoms with van der Waals surface area (Å²) in [4.78, 5) is 7.83. The molecule has 2 atom stereocenters. The van der Waals surface area contributed by atoms with Crippen LogP contribution in [0.5, 0.6) is 0 Å². The topological polar surface area (TPSA) is 22.9 Å². The van der Waals surface area contributed by atoms with E-state index in [0.717, 1.165) is 54.0 Å². The molecule has 5 heteroatoms. The van der Waals surface area contributed by atoms with E-state index in [1.54, 1.807) is 11.1 Å². The van der Waals surface area contributed by atoms with Gasteiger partial charge in [0.15, 0.2) is 0 Å². The molecule has 1 aromatic heterocycles. The van der Waals surface area contributed by atoms with Crippen molar-refractivity contribution in [2.75, 3.05) is 14.7 Å². The lowest BCUT2D eigenvalue weighted by molar-refractivity contribution is 0.256. The Hall–Kier alpha value is -6.72. The van der Waals surface area contributed by atoms with E-state index in [4.69, 9.17) is 4.42 Å². The Labute approximate surface area is 441 Å². The lowest BCUT2D eigenvalue weighted by Crippen LogP contribution is -2.62. The normalized spacial score (nSPS) is 21.6. The van der Waals surface area contributed by atoms with Crippen LogP contribution in [-0.2, 0) is 10.8 Å². The predicted molar refractivity (Wildman–Crippen MR) is 315 cm³/mol. The van der Waals surface area contributed by atoms with Crippen LogP contribution in [-0.4, -0.2) is 12.8 Å². The molecule has 4 nitrogen and oxygen atoms in total. The fourth-order valence-electron chi connectivity index (χ4n) is 14.2. The van der Waals surface area contributed by atoms with Crippen LogP contribution in [0.1, 0.15) is 124 Å². The lowest BCUT2D eigenvalue weighted by atomic mass is 9.35. The van der Waals surface area contributed by atoms with Gasteiger partial charge in [0.05, 0.1) is 17.4 Å². The summed E-state index contributed by atoms with van der Waals surface area (Å²) >= 11 is 0. The summed E-state index contributed by atoms with van der Waals surface area (Å²) in [5.41, 5.74) is 23.1. The first-order valence-corrected chi connectivity index (χ1v) is 27.8. The van der Waals surface area contributed by atoms with Gasteiger partial charge in [-0.05, 0) is 166 Å². The number of hydrogen-bond acceptors (Lipinski definition) is 4. The van der Waals surface area contributed by atoms with E-state index in [1.165, 1.54) is 79.9 Å². The summed E-state index contributed by atoms with van der Waals surface area (Å²) in [5.74, 6) is 0.943. The van der Waals surface area contributed by atoms with Crippen molar-refractivity contribution in [3.63, 3.8) is 0 Å². The maximum Gasteiger partial charge on any atom is 0.297 e. The molecule has 2 unspecified atom stereocenters. The Morgan fingerprint density at radius 2 is 1.24 bits per heavy atom. The van der Waals surface area contributed by atoms with Crippen molar-refractivity contribution in [1.82, 2.24) is 0 Å². The van der Waals surface area contributed by atoms with Gasteiger partial charge < -0.3 is 19.1 Å². The van der Waals surface area contributed by atoms with Crippen molar-refractivity contribution in [1.29, 1.82) is 0 Å². The van der Waals surface area contributed by atoms with Gasteiger partial charge in [0, 0.05) is 50.8 Å². The molecular weight excluding hydrogens is 898 g/mol. The highest BCUT2D eigenvalue weighted by molar-refractivity contribution is 6.99. The third kappa shape index (κ3) is 7.30. The molecule has 6 aromatic carbocycles. The lowest BCUT2D eigenvalue weighted by Gasteiger charge is -2.49. The van der Waals surface area contributed by atoms with Gasteiger partial charge in [-0.1, -0.05) is 178 Å². The molecule has 0 spiro atoms. The Balaban J connectivity index is 1.10. The van der Waals surface area contributed by atoms with Crippen molar-refractivity contribution in [3.8, 4) is 0 Å². The van der Waals surface area contributed by atoms with Crippen LogP contribution >= 0.6 is 0 Å². The van der Waals surface area contributed by atoms with Crippen molar-refractivity contribution in [2.24, 2.45) is 22.7 Å². The summed E-state index contributed by atoms with van der Waals surface area (Å²) < 4.78 is 7.72. The number of nitrogens with zero attached hydrogens (tertiary/aromatic N) is 3. The first-order valence-electron chi connectivity index (χ1n) is 27.8.